The zero-order valence-electron chi connectivity index (χ0n) is 18.3. The Bertz CT molecular complexity index is 1140. The molecule has 0 aliphatic carbocycles. The Morgan fingerprint density at radius 2 is 2.12 bits per heavy atom. The van der Waals surface area contributed by atoms with E-state index in [2.05, 4.69) is 16.6 Å². The summed E-state index contributed by atoms with van der Waals surface area (Å²) in [6.45, 7) is 2.69. The van der Waals surface area contributed by atoms with E-state index < -0.39 is 24.0 Å². The Hall–Kier alpha value is -3.88. The summed E-state index contributed by atoms with van der Waals surface area (Å²) >= 11 is 1.08. The summed E-state index contributed by atoms with van der Waals surface area (Å²) in [4.78, 5) is 50.4. The summed E-state index contributed by atoms with van der Waals surface area (Å²) in [7, 11) is 0. The Morgan fingerprint density at radius 3 is 2.76 bits per heavy atom. The molecule has 1 fully saturated rings. The summed E-state index contributed by atoms with van der Waals surface area (Å²) in [5.41, 5.74) is 1.89. The fourth-order valence-corrected chi connectivity index (χ4v) is 3.96. The van der Waals surface area contributed by atoms with Gasteiger partial charge in [0.1, 0.15) is 12.6 Å². The minimum Gasteiger partial charge on any atom is -0.481 e. The number of terminal acetylenes is 1. The van der Waals surface area contributed by atoms with Crippen LogP contribution in [0.2, 0.25) is 0 Å². The molecule has 178 valence electrons. The second-order valence-corrected chi connectivity index (χ2v) is 8.42. The minimum absolute atomic E-state index is 0.0144. The molecule has 0 saturated carbocycles. The lowest BCUT2D eigenvalue weighted by Crippen LogP contribution is -2.45. The molecular weight excluding hydrogens is 462 g/mol. The number of rotatable bonds is 8. The van der Waals surface area contributed by atoms with Gasteiger partial charge in [0.15, 0.2) is 5.06 Å². The molecule has 1 aromatic carbocycles. The van der Waals surface area contributed by atoms with Gasteiger partial charge in [0.05, 0.1) is 11.5 Å². The number of carbonyl (C=O) groups excluding carboxylic acids is 3. The largest absolute Gasteiger partial charge is 0.481 e. The van der Waals surface area contributed by atoms with E-state index in [9.17, 15) is 19.2 Å². The predicted octanol–water partition coefficient (Wildman–Crippen LogP) is 2.36. The molecule has 3 rings (SSSR count). The Balaban J connectivity index is 1.67. The monoisotopic (exact) mass is 485 g/mol. The van der Waals surface area contributed by atoms with Gasteiger partial charge >= 0.3 is 12.1 Å². The van der Waals surface area contributed by atoms with Gasteiger partial charge in [-0.1, -0.05) is 17.3 Å². The normalized spacial score (nSPS) is 14.1. The zero-order valence-corrected chi connectivity index (χ0v) is 19.1. The van der Waals surface area contributed by atoms with Crippen molar-refractivity contribution < 1.29 is 33.8 Å². The number of carbonyl (C=O) groups is 4. The smallest absolute Gasteiger partial charge is 0.414 e. The van der Waals surface area contributed by atoms with Crippen LogP contribution in [0.5, 0.6) is 5.06 Å². The predicted molar refractivity (Wildman–Crippen MR) is 125 cm³/mol. The van der Waals surface area contributed by atoms with Crippen LogP contribution < -0.4 is 20.3 Å². The molecule has 1 atom stereocenters. The van der Waals surface area contributed by atoms with Crippen LogP contribution in [-0.2, 0) is 19.1 Å². The van der Waals surface area contributed by atoms with Crippen molar-refractivity contribution in [1.29, 1.82) is 0 Å². The first-order valence-corrected chi connectivity index (χ1v) is 11.1. The number of carboxylic acid groups (broad SMARTS) is 1. The molecule has 1 aliphatic rings. The number of anilines is 2. The highest BCUT2D eigenvalue weighted by Gasteiger charge is 2.25. The van der Waals surface area contributed by atoms with Crippen molar-refractivity contribution in [2.24, 2.45) is 0 Å². The van der Waals surface area contributed by atoms with Crippen LogP contribution in [0.4, 0.5) is 16.2 Å². The third-order valence-electron chi connectivity index (χ3n) is 4.91. The van der Waals surface area contributed by atoms with Crippen molar-refractivity contribution in [2.75, 3.05) is 30.0 Å². The van der Waals surface area contributed by atoms with Crippen molar-refractivity contribution in [3.63, 3.8) is 0 Å². The van der Waals surface area contributed by atoms with Gasteiger partial charge in [0, 0.05) is 24.3 Å². The standard InChI is InChI=1S/C23H23N3O7S/c1-3-16-5-9-21(34-16)33-23(31)25-17(6-8-20(28)29)22(30)24-15-4-7-18(14(2)12-15)26-10-11-32-13-19(26)27/h1,4-5,7,9,12,17H,6,8,10-11,13H2,2H3,(H,24,30)(H,25,31)(H,28,29). The van der Waals surface area contributed by atoms with E-state index in [-0.39, 0.29) is 30.4 Å². The van der Waals surface area contributed by atoms with Gasteiger partial charge < -0.3 is 30.1 Å². The molecule has 0 bridgehead atoms. The van der Waals surface area contributed by atoms with Crippen molar-refractivity contribution in [3.8, 4) is 17.4 Å². The van der Waals surface area contributed by atoms with E-state index >= 15 is 0 Å². The average Bonchev–Trinajstić information content (AvgIpc) is 3.24. The van der Waals surface area contributed by atoms with E-state index in [0.29, 0.717) is 29.4 Å². The lowest BCUT2D eigenvalue weighted by atomic mass is 10.1. The molecule has 1 aromatic heterocycles. The summed E-state index contributed by atoms with van der Waals surface area (Å²) in [6, 6.07) is 7.00. The Kier molecular flexibility index (Phi) is 8.24. The average molecular weight is 486 g/mol. The maximum absolute atomic E-state index is 12.8. The zero-order chi connectivity index (χ0) is 24.7. The molecule has 2 aromatic rings. The van der Waals surface area contributed by atoms with Gasteiger partial charge in [-0.05, 0) is 49.2 Å². The number of benzene rings is 1. The van der Waals surface area contributed by atoms with Crippen LogP contribution in [0.1, 0.15) is 23.3 Å². The molecule has 11 heteroatoms. The molecule has 1 unspecified atom stereocenters. The quantitative estimate of drug-likeness (QED) is 0.489. The van der Waals surface area contributed by atoms with E-state index in [1.807, 2.05) is 0 Å². The molecule has 10 nitrogen and oxygen atoms in total. The number of nitrogens with one attached hydrogen (secondary N) is 2. The molecule has 3 amide bonds. The van der Waals surface area contributed by atoms with Crippen molar-refractivity contribution >= 4 is 46.6 Å². The number of amides is 3. The number of morpholine rings is 1. The molecular formula is C23H23N3O7S. The topological polar surface area (TPSA) is 134 Å². The number of carboxylic acids is 1. The Morgan fingerprint density at radius 1 is 1.32 bits per heavy atom. The molecule has 1 saturated heterocycles. The van der Waals surface area contributed by atoms with Gasteiger partial charge in [-0.25, -0.2) is 4.79 Å². The maximum atomic E-state index is 12.8. The third-order valence-corrected chi connectivity index (χ3v) is 5.81. The number of aliphatic carboxylic acids is 1. The second kappa shape index (κ2) is 11.3. The SMILES string of the molecule is C#Cc1ccc(OC(=O)NC(CCC(=O)O)C(=O)Nc2ccc(N3CCOCC3=O)c(C)c2)s1. The molecule has 0 spiro atoms. The highest BCUT2D eigenvalue weighted by Crippen LogP contribution is 2.26. The first kappa shape index (κ1) is 24.8. The lowest BCUT2D eigenvalue weighted by Gasteiger charge is -2.28. The second-order valence-electron chi connectivity index (χ2n) is 7.37. The minimum atomic E-state index is -1.16. The molecule has 2 heterocycles. The third kappa shape index (κ3) is 6.57. The fraction of sp³-hybridized carbons (Fsp3) is 0.304. The van der Waals surface area contributed by atoms with Crippen LogP contribution in [0.15, 0.2) is 30.3 Å². The van der Waals surface area contributed by atoms with Gasteiger partial charge in [-0.2, -0.15) is 0 Å². The van der Waals surface area contributed by atoms with E-state index in [4.69, 9.17) is 21.0 Å². The van der Waals surface area contributed by atoms with Gasteiger partial charge in [-0.15, -0.1) is 6.42 Å². The molecule has 3 N–H and O–H groups in total. The van der Waals surface area contributed by atoms with Crippen LogP contribution in [-0.4, -0.2) is 54.8 Å². The first-order valence-electron chi connectivity index (χ1n) is 10.3. The molecule has 0 radical (unpaired) electrons. The van der Waals surface area contributed by atoms with Crippen LogP contribution in [0, 0.1) is 19.3 Å². The van der Waals surface area contributed by atoms with Crippen LogP contribution >= 0.6 is 11.3 Å². The number of nitrogens with zero attached hydrogens (tertiary/aromatic N) is 1. The van der Waals surface area contributed by atoms with Crippen LogP contribution in [0.25, 0.3) is 0 Å². The number of ether oxygens (including phenoxy) is 2. The van der Waals surface area contributed by atoms with E-state index in [0.717, 1.165) is 16.9 Å². The number of hydrogen-bond acceptors (Lipinski definition) is 7. The number of aryl methyl sites for hydroxylation is 1. The summed E-state index contributed by atoms with van der Waals surface area (Å²) in [5, 5.41) is 14.3. The lowest BCUT2D eigenvalue weighted by molar-refractivity contribution is -0.137. The highest BCUT2D eigenvalue weighted by atomic mass is 32.1. The van der Waals surface area contributed by atoms with E-state index in [1.165, 1.54) is 6.07 Å². The van der Waals surface area contributed by atoms with Gasteiger partial charge in [-0.3, -0.25) is 14.4 Å². The van der Waals surface area contributed by atoms with Crippen LogP contribution in [0.3, 0.4) is 0 Å². The first-order chi connectivity index (χ1) is 16.3. The summed E-state index contributed by atoms with van der Waals surface area (Å²) in [5.74, 6) is 0.552. The van der Waals surface area contributed by atoms with Gasteiger partial charge in [0.25, 0.3) is 5.91 Å². The maximum Gasteiger partial charge on any atom is 0.414 e. The van der Waals surface area contributed by atoms with Crippen molar-refractivity contribution in [1.82, 2.24) is 5.32 Å². The highest BCUT2D eigenvalue weighted by molar-refractivity contribution is 7.14. The Labute approximate surface area is 199 Å². The van der Waals surface area contributed by atoms with Gasteiger partial charge in [0.2, 0.25) is 5.91 Å². The number of thiophene rings is 1. The summed E-state index contributed by atoms with van der Waals surface area (Å²) < 4.78 is 10.3. The fourth-order valence-electron chi connectivity index (χ4n) is 3.29. The number of hydrogen-bond donors (Lipinski definition) is 3. The molecule has 34 heavy (non-hydrogen) atoms. The summed E-state index contributed by atoms with van der Waals surface area (Å²) in [6.07, 6.45) is 3.91. The van der Waals surface area contributed by atoms with Crippen molar-refractivity contribution in [3.05, 3.63) is 40.8 Å². The van der Waals surface area contributed by atoms with E-state index in [1.54, 1.807) is 36.1 Å². The molecule has 1 aliphatic heterocycles. The van der Waals surface area contributed by atoms with Crippen molar-refractivity contribution in [2.45, 2.75) is 25.8 Å².